The molecule has 2 N–H and O–H groups in total. The van der Waals surface area contributed by atoms with E-state index in [1.165, 1.54) is 49.6 Å². The number of nitrogens with zero attached hydrogens (tertiary/aromatic N) is 2. The van der Waals surface area contributed by atoms with Crippen molar-refractivity contribution in [3.8, 4) is 5.75 Å². The van der Waals surface area contributed by atoms with E-state index in [2.05, 4.69) is 22.5 Å². The second-order valence-electron chi connectivity index (χ2n) is 9.00. The van der Waals surface area contributed by atoms with Crippen LogP contribution in [0.1, 0.15) is 58.3 Å². The van der Waals surface area contributed by atoms with Gasteiger partial charge in [0.1, 0.15) is 20.7 Å². The van der Waals surface area contributed by atoms with Gasteiger partial charge in [0.2, 0.25) is 5.91 Å². The molecular formula is C26H29N3Na2O8S2. The van der Waals surface area contributed by atoms with Gasteiger partial charge in [0.25, 0.3) is 10.1 Å². The van der Waals surface area contributed by atoms with Crippen LogP contribution in [0.2, 0.25) is 0 Å². The number of azo groups is 1. The smallest absolute Gasteiger partial charge is 0.871 e. The molecule has 41 heavy (non-hydrogen) atoms. The fourth-order valence-electron chi connectivity index (χ4n) is 4.03. The van der Waals surface area contributed by atoms with Crippen molar-refractivity contribution in [2.24, 2.45) is 10.2 Å². The second kappa shape index (κ2) is 17.0. The molecule has 0 unspecified atom stereocenters. The zero-order valence-corrected chi connectivity index (χ0v) is 28.9. The molecule has 0 aliphatic rings. The third kappa shape index (κ3) is 11.0. The van der Waals surface area contributed by atoms with E-state index in [1.54, 1.807) is 0 Å². The van der Waals surface area contributed by atoms with E-state index < -0.39 is 47.2 Å². The van der Waals surface area contributed by atoms with Crippen LogP contribution in [-0.2, 0) is 25.0 Å². The van der Waals surface area contributed by atoms with E-state index in [0.29, 0.717) is 12.1 Å². The summed E-state index contributed by atoms with van der Waals surface area (Å²) in [7, 11) is -9.90. The monoisotopic (exact) mass is 621 g/mol. The summed E-state index contributed by atoms with van der Waals surface area (Å²) in [6.07, 6.45) is 7.74. The normalized spacial score (nSPS) is 11.7. The third-order valence-electron chi connectivity index (χ3n) is 5.99. The van der Waals surface area contributed by atoms with Gasteiger partial charge in [0.15, 0.2) is 0 Å². The van der Waals surface area contributed by atoms with Crippen molar-refractivity contribution in [2.45, 2.75) is 68.1 Å². The van der Waals surface area contributed by atoms with Gasteiger partial charge in [-0.3, -0.25) is 9.35 Å². The van der Waals surface area contributed by atoms with E-state index in [0.717, 1.165) is 43.9 Å². The first kappa shape index (κ1) is 37.6. The number of rotatable bonds is 13. The van der Waals surface area contributed by atoms with Crippen molar-refractivity contribution in [3.63, 3.8) is 0 Å². The van der Waals surface area contributed by atoms with Crippen LogP contribution >= 0.6 is 0 Å². The number of benzene rings is 3. The average molecular weight is 622 g/mol. The van der Waals surface area contributed by atoms with Crippen molar-refractivity contribution in [1.29, 1.82) is 0 Å². The molecule has 0 radical (unpaired) electrons. The van der Waals surface area contributed by atoms with Crippen molar-refractivity contribution in [2.75, 3.05) is 5.32 Å². The number of carbonyl (C=O) groups excluding carboxylic acids is 1. The molecule has 15 heteroatoms. The molecule has 3 rings (SSSR count). The van der Waals surface area contributed by atoms with Crippen molar-refractivity contribution < 1.29 is 95.0 Å². The van der Waals surface area contributed by atoms with E-state index >= 15 is 0 Å². The Bertz CT molecular complexity index is 1600. The van der Waals surface area contributed by atoms with Crippen LogP contribution < -0.4 is 69.5 Å². The molecule has 0 fully saturated rings. The minimum atomic E-state index is -4.97. The SMILES string of the molecule is CCCCCCCCCC(=O)Nc1ccc2c([O-])c(N=Nc3ccccc3S(=O)(=O)[O-])c(S(=O)(=O)O)cc2c1.[Na+].[Na+]. The van der Waals surface area contributed by atoms with Gasteiger partial charge < -0.3 is 15.0 Å². The largest absolute Gasteiger partial charge is 1.00 e. The van der Waals surface area contributed by atoms with Gasteiger partial charge in [-0.05, 0) is 47.5 Å². The molecular weight excluding hydrogens is 592 g/mol. The van der Waals surface area contributed by atoms with Gasteiger partial charge in [-0.15, -0.1) is 10.2 Å². The summed E-state index contributed by atoms with van der Waals surface area (Å²) >= 11 is 0. The van der Waals surface area contributed by atoms with E-state index in [1.807, 2.05) is 0 Å². The summed E-state index contributed by atoms with van der Waals surface area (Å²) in [5.74, 6) is -1.13. The molecule has 0 saturated carbocycles. The van der Waals surface area contributed by atoms with Crippen molar-refractivity contribution >= 4 is 54.0 Å². The fraction of sp³-hybridized carbons (Fsp3) is 0.346. The number of hydrogen-bond donors (Lipinski definition) is 2. The van der Waals surface area contributed by atoms with Gasteiger partial charge in [-0.2, -0.15) is 8.42 Å². The molecule has 0 aromatic heterocycles. The first-order valence-corrected chi connectivity index (χ1v) is 15.3. The zero-order chi connectivity index (χ0) is 28.6. The molecule has 1 amide bonds. The first-order chi connectivity index (χ1) is 18.4. The number of amides is 1. The van der Waals surface area contributed by atoms with Gasteiger partial charge in [-0.1, -0.05) is 69.4 Å². The van der Waals surface area contributed by atoms with E-state index in [-0.39, 0.29) is 75.8 Å². The Balaban J connectivity index is 0.00000420. The Morgan fingerprint density at radius 3 is 2.15 bits per heavy atom. The Morgan fingerprint density at radius 2 is 1.51 bits per heavy atom. The fourth-order valence-corrected chi connectivity index (χ4v) is 5.29. The molecule has 3 aromatic rings. The number of fused-ring (bicyclic) bond motifs is 1. The molecule has 3 aromatic carbocycles. The number of hydrogen-bond acceptors (Lipinski definition) is 9. The predicted molar refractivity (Wildman–Crippen MR) is 143 cm³/mol. The Labute approximate surface area is 284 Å². The topological polar surface area (TPSA) is 188 Å². The summed E-state index contributed by atoms with van der Waals surface area (Å²) in [4.78, 5) is 10.8. The Morgan fingerprint density at radius 1 is 0.878 bits per heavy atom. The molecule has 0 aliphatic heterocycles. The minimum absolute atomic E-state index is 0. The molecule has 0 bridgehead atoms. The third-order valence-corrected chi connectivity index (χ3v) is 7.74. The molecule has 0 atom stereocenters. The maximum Gasteiger partial charge on any atom is 1.00 e. The van der Waals surface area contributed by atoms with Crippen LogP contribution in [0, 0.1) is 0 Å². The van der Waals surface area contributed by atoms with Gasteiger partial charge in [-0.25, -0.2) is 8.42 Å². The minimum Gasteiger partial charge on any atom is -0.871 e. The maximum atomic E-state index is 13.1. The predicted octanol–water partition coefficient (Wildman–Crippen LogP) is -0.433. The summed E-state index contributed by atoms with van der Waals surface area (Å²) in [6, 6.07) is 10.0. The van der Waals surface area contributed by atoms with Crippen LogP contribution in [-0.4, -0.2) is 31.8 Å². The summed E-state index contributed by atoms with van der Waals surface area (Å²) in [6.45, 7) is 2.15. The van der Waals surface area contributed by atoms with Crippen LogP contribution in [0.25, 0.3) is 10.8 Å². The molecule has 0 heterocycles. The summed E-state index contributed by atoms with van der Waals surface area (Å²) < 4.78 is 68.3. The summed E-state index contributed by atoms with van der Waals surface area (Å²) in [5, 5.41) is 23.2. The molecule has 0 aliphatic carbocycles. The molecule has 210 valence electrons. The van der Waals surface area contributed by atoms with Gasteiger partial charge in [0.05, 0.1) is 10.6 Å². The van der Waals surface area contributed by atoms with E-state index in [9.17, 15) is 35.8 Å². The number of anilines is 1. The number of carbonyl (C=O) groups is 1. The van der Waals surface area contributed by atoms with Crippen LogP contribution in [0.3, 0.4) is 0 Å². The van der Waals surface area contributed by atoms with Crippen LogP contribution in [0.15, 0.2) is 68.6 Å². The average Bonchev–Trinajstić information content (AvgIpc) is 2.86. The standard InChI is InChI=1S/C26H31N3O8S2.2Na/c1-2-3-4-5-6-7-8-13-24(30)27-19-14-15-20-18(16-19)17-23(39(35,36)37)25(26(20)31)29-28-21-11-9-10-12-22(21)38(32,33)34;;/h9-12,14-17,31H,2-8,13H2,1H3,(H,27,30)(H,32,33,34)(H,35,36,37);;/q;2*+1/p-2. The Hall–Kier alpha value is -1.39. The van der Waals surface area contributed by atoms with Crippen molar-refractivity contribution in [3.05, 3.63) is 48.5 Å². The summed E-state index contributed by atoms with van der Waals surface area (Å²) in [5.41, 5.74) is -0.841. The van der Waals surface area contributed by atoms with Gasteiger partial charge in [0, 0.05) is 12.1 Å². The molecule has 0 spiro atoms. The van der Waals surface area contributed by atoms with Crippen LogP contribution in [0.4, 0.5) is 17.1 Å². The molecule has 0 saturated heterocycles. The first-order valence-electron chi connectivity index (χ1n) is 12.4. The number of nitrogens with one attached hydrogen (secondary N) is 1. The zero-order valence-electron chi connectivity index (χ0n) is 23.3. The second-order valence-corrected chi connectivity index (χ2v) is 11.7. The molecule has 11 nitrogen and oxygen atoms in total. The van der Waals surface area contributed by atoms with Crippen LogP contribution in [0.5, 0.6) is 5.75 Å². The number of unbranched alkanes of at least 4 members (excludes halogenated alkanes) is 6. The van der Waals surface area contributed by atoms with E-state index in [4.69, 9.17) is 0 Å². The quantitative estimate of drug-likeness (QED) is 0.111. The van der Waals surface area contributed by atoms with Crippen molar-refractivity contribution in [1.82, 2.24) is 0 Å². The van der Waals surface area contributed by atoms with Gasteiger partial charge >= 0.3 is 59.1 Å². The Kier molecular flexibility index (Phi) is 15.6. The maximum absolute atomic E-state index is 13.1.